The minimum atomic E-state index is -0.514. The number of esters is 1. The number of anilines is 1. The van der Waals surface area contributed by atoms with Crippen LogP contribution in [0.4, 0.5) is 5.69 Å². The van der Waals surface area contributed by atoms with Gasteiger partial charge in [0.1, 0.15) is 5.75 Å². The van der Waals surface area contributed by atoms with Crippen molar-refractivity contribution < 1.29 is 19.1 Å². The van der Waals surface area contributed by atoms with Crippen LogP contribution in [0.15, 0.2) is 62.7 Å². The minimum absolute atomic E-state index is 0.183. The second-order valence-electron chi connectivity index (χ2n) is 8.62. The molecule has 1 amide bonds. The molecule has 0 saturated carbocycles. The van der Waals surface area contributed by atoms with Gasteiger partial charge in [0, 0.05) is 21.9 Å². The molecule has 0 spiro atoms. The number of aliphatic imine (C=N–C) groups is 1. The number of allylic oxidation sites excluding steroid dienone is 1. The molecular weight excluding hydrogens is 542 g/mol. The number of thioether (sulfide) groups is 1. The molecule has 36 heavy (non-hydrogen) atoms. The van der Waals surface area contributed by atoms with Gasteiger partial charge in [0.2, 0.25) is 0 Å². The smallest absolute Gasteiger partial charge is 0.338 e. The molecule has 2 heterocycles. The van der Waals surface area contributed by atoms with Gasteiger partial charge in [-0.1, -0.05) is 45.4 Å². The van der Waals surface area contributed by atoms with Gasteiger partial charge in [0.15, 0.2) is 11.8 Å². The largest absolute Gasteiger partial charge is 0.483 e. The summed E-state index contributed by atoms with van der Waals surface area (Å²) in [4.78, 5) is 32.4. The molecule has 2 aromatic carbocycles. The molecule has 1 N–H and O–H groups in total. The molecular formula is C27H28BrN3O4S. The molecule has 0 unspecified atom stereocenters. The van der Waals surface area contributed by atoms with E-state index < -0.39 is 12.0 Å². The highest BCUT2D eigenvalue weighted by molar-refractivity contribution is 9.10. The van der Waals surface area contributed by atoms with Gasteiger partial charge < -0.3 is 19.7 Å². The van der Waals surface area contributed by atoms with Crippen LogP contribution in [0.3, 0.4) is 0 Å². The van der Waals surface area contributed by atoms with Gasteiger partial charge in [-0.05, 0) is 69.4 Å². The van der Waals surface area contributed by atoms with E-state index in [1.165, 1.54) is 11.8 Å². The lowest BCUT2D eigenvalue weighted by Gasteiger charge is -2.34. The summed E-state index contributed by atoms with van der Waals surface area (Å²) in [5.41, 5.74) is 5.68. The monoisotopic (exact) mass is 569 g/mol. The second kappa shape index (κ2) is 10.9. The predicted octanol–water partition coefficient (Wildman–Crippen LogP) is 6.16. The Morgan fingerprint density at radius 3 is 2.56 bits per heavy atom. The van der Waals surface area contributed by atoms with Crippen molar-refractivity contribution in [3.8, 4) is 5.75 Å². The van der Waals surface area contributed by atoms with Crippen LogP contribution >= 0.6 is 27.7 Å². The van der Waals surface area contributed by atoms with Crippen LogP contribution < -0.4 is 10.1 Å². The molecule has 0 saturated heterocycles. The van der Waals surface area contributed by atoms with Crippen molar-refractivity contribution >= 4 is 50.4 Å². The van der Waals surface area contributed by atoms with E-state index >= 15 is 0 Å². The van der Waals surface area contributed by atoms with Gasteiger partial charge in [-0.25, -0.2) is 9.79 Å². The number of aryl methyl sites for hydroxylation is 3. The maximum absolute atomic E-state index is 13.0. The number of amidine groups is 1. The summed E-state index contributed by atoms with van der Waals surface area (Å²) in [5.74, 6) is -0.197. The van der Waals surface area contributed by atoms with Gasteiger partial charge >= 0.3 is 5.97 Å². The lowest BCUT2D eigenvalue weighted by atomic mass is 9.94. The third kappa shape index (κ3) is 5.37. The number of halogens is 1. The summed E-state index contributed by atoms with van der Waals surface area (Å²) in [6, 6.07) is 9.10. The summed E-state index contributed by atoms with van der Waals surface area (Å²) in [6.07, 6.45) is 1.89. The molecule has 0 bridgehead atoms. The second-order valence-corrected chi connectivity index (χ2v) is 10.4. The van der Waals surface area contributed by atoms with Crippen LogP contribution in [0.1, 0.15) is 42.1 Å². The highest BCUT2D eigenvalue weighted by atomic mass is 79.9. The van der Waals surface area contributed by atoms with Gasteiger partial charge in [0.25, 0.3) is 5.91 Å². The van der Waals surface area contributed by atoms with E-state index in [1.54, 1.807) is 19.9 Å². The lowest BCUT2D eigenvalue weighted by molar-refractivity contribution is -0.139. The number of nitrogens with one attached hydrogen (secondary N) is 1. The Kier molecular flexibility index (Phi) is 7.90. The summed E-state index contributed by atoms with van der Waals surface area (Å²) in [7, 11) is 0. The highest BCUT2D eigenvalue weighted by Crippen LogP contribution is 2.44. The van der Waals surface area contributed by atoms with E-state index in [0.29, 0.717) is 17.0 Å². The Morgan fingerprint density at radius 2 is 1.86 bits per heavy atom. The summed E-state index contributed by atoms with van der Waals surface area (Å²) < 4.78 is 12.2. The average Bonchev–Trinajstić information content (AvgIpc) is 3.27. The zero-order valence-electron chi connectivity index (χ0n) is 20.8. The van der Waals surface area contributed by atoms with E-state index in [-0.39, 0.29) is 19.1 Å². The third-order valence-corrected chi connectivity index (χ3v) is 7.15. The van der Waals surface area contributed by atoms with Crippen molar-refractivity contribution in [3.05, 3.63) is 79.9 Å². The first kappa shape index (κ1) is 26.0. The van der Waals surface area contributed by atoms with E-state index in [9.17, 15) is 9.59 Å². The quantitative estimate of drug-likeness (QED) is 0.402. The third-order valence-electron chi connectivity index (χ3n) is 5.88. The Balaban J connectivity index is 1.64. The van der Waals surface area contributed by atoms with E-state index in [1.807, 2.05) is 61.5 Å². The predicted molar refractivity (Wildman–Crippen MR) is 147 cm³/mol. The van der Waals surface area contributed by atoms with Crippen LogP contribution in [-0.4, -0.2) is 35.2 Å². The number of fused-ring (bicyclic) bond motifs is 1. The molecule has 0 aromatic heterocycles. The number of hydrogen-bond acceptors (Lipinski definition) is 7. The maximum Gasteiger partial charge on any atom is 0.338 e. The molecule has 4 rings (SSSR count). The number of ether oxygens (including phenoxy) is 2. The topological polar surface area (TPSA) is 80.2 Å². The van der Waals surface area contributed by atoms with E-state index in [2.05, 4.69) is 26.2 Å². The number of benzene rings is 2. The van der Waals surface area contributed by atoms with Crippen molar-refractivity contribution in [2.45, 2.75) is 40.7 Å². The molecule has 1 atom stereocenters. The molecule has 7 nitrogen and oxygen atoms in total. The molecule has 0 aliphatic carbocycles. The molecule has 2 aromatic rings. The summed E-state index contributed by atoms with van der Waals surface area (Å²) >= 11 is 5.03. The Morgan fingerprint density at radius 1 is 1.14 bits per heavy atom. The normalized spacial score (nSPS) is 16.6. The van der Waals surface area contributed by atoms with Crippen LogP contribution in [0.2, 0.25) is 0 Å². The first-order valence-corrected chi connectivity index (χ1v) is 13.2. The average molecular weight is 571 g/mol. The molecule has 2 aliphatic heterocycles. The minimum Gasteiger partial charge on any atom is -0.483 e. The van der Waals surface area contributed by atoms with Crippen LogP contribution in [0.5, 0.6) is 5.75 Å². The Labute approximate surface area is 223 Å². The first-order chi connectivity index (χ1) is 17.2. The van der Waals surface area contributed by atoms with Crippen molar-refractivity contribution in [2.24, 2.45) is 4.99 Å². The Bertz CT molecular complexity index is 1300. The van der Waals surface area contributed by atoms with E-state index in [4.69, 9.17) is 9.47 Å². The summed E-state index contributed by atoms with van der Waals surface area (Å²) in [5, 5.41) is 5.66. The van der Waals surface area contributed by atoms with Gasteiger partial charge in [-0.2, -0.15) is 0 Å². The number of nitrogens with zero attached hydrogens (tertiary/aromatic N) is 2. The van der Waals surface area contributed by atoms with Gasteiger partial charge in [-0.3, -0.25) is 4.79 Å². The van der Waals surface area contributed by atoms with E-state index in [0.717, 1.165) is 37.6 Å². The summed E-state index contributed by atoms with van der Waals surface area (Å²) in [6.45, 7) is 9.62. The fourth-order valence-electron chi connectivity index (χ4n) is 4.44. The number of hydrogen-bond donors (Lipinski definition) is 1. The van der Waals surface area contributed by atoms with Crippen molar-refractivity contribution in [1.82, 2.24) is 4.90 Å². The molecule has 0 fully saturated rings. The number of rotatable bonds is 7. The fourth-order valence-corrected chi connectivity index (χ4v) is 5.61. The first-order valence-electron chi connectivity index (χ1n) is 11.6. The van der Waals surface area contributed by atoms with Crippen LogP contribution in [0.25, 0.3) is 0 Å². The molecule has 188 valence electrons. The zero-order valence-corrected chi connectivity index (χ0v) is 23.2. The standard InChI is InChI=1S/C27H28BrN3O4S/c1-6-34-26(33)23-18(5)29-27-31(9-10-36-27)25(23)20-13-19(28)7-8-21(20)35-14-22(32)30-24-16(3)11-15(2)12-17(24)4/h7-13,25H,6,14H2,1-5H3,(H,30,32)/t25-/m0/s1. The van der Waals surface area contributed by atoms with Crippen LogP contribution in [0, 0.1) is 20.8 Å². The van der Waals surface area contributed by atoms with Gasteiger partial charge in [0.05, 0.1) is 23.9 Å². The number of carbonyl (C=O) groups is 2. The molecule has 9 heteroatoms. The van der Waals surface area contributed by atoms with Crippen molar-refractivity contribution in [2.75, 3.05) is 18.5 Å². The highest BCUT2D eigenvalue weighted by Gasteiger charge is 2.39. The lowest BCUT2D eigenvalue weighted by Crippen LogP contribution is -2.34. The fraction of sp³-hybridized carbons (Fsp3) is 0.296. The van der Waals surface area contributed by atoms with Crippen molar-refractivity contribution in [1.29, 1.82) is 0 Å². The zero-order chi connectivity index (χ0) is 26.0. The number of amides is 1. The van der Waals surface area contributed by atoms with Crippen LogP contribution in [-0.2, 0) is 14.3 Å². The number of carbonyl (C=O) groups excluding carboxylic acids is 2. The van der Waals surface area contributed by atoms with Crippen molar-refractivity contribution in [3.63, 3.8) is 0 Å². The maximum atomic E-state index is 13.0. The molecule has 2 aliphatic rings. The Hall–Kier alpha value is -3.04. The molecule has 0 radical (unpaired) electrons. The SMILES string of the molecule is CCOC(=O)C1=C(C)N=C2SC=CN2[C@H]1c1cc(Br)ccc1OCC(=O)Nc1c(C)cc(C)cc1C. The van der Waals surface area contributed by atoms with Gasteiger partial charge in [-0.15, -0.1) is 0 Å².